The van der Waals surface area contributed by atoms with E-state index in [1.54, 1.807) is 0 Å². The van der Waals surface area contributed by atoms with Crippen molar-refractivity contribution in [3.8, 4) is 0 Å². The van der Waals surface area contributed by atoms with Crippen molar-refractivity contribution in [1.29, 1.82) is 0 Å². The Morgan fingerprint density at radius 3 is 2.95 bits per heavy atom. The molecule has 1 aromatic carbocycles. The molecule has 3 rings (SSSR count). The van der Waals surface area contributed by atoms with Gasteiger partial charge in [-0.3, -0.25) is 4.79 Å². The molecule has 2 fully saturated rings. The number of rotatable bonds is 3. The second kappa shape index (κ2) is 6.37. The number of carbonyl (C=O) groups is 1. The monoisotopic (exact) mass is 274 g/mol. The number of morpholine rings is 1. The summed E-state index contributed by atoms with van der Waals surface area (Å²) in [4.78, 5) is 14.3. The van der Waals surface area contributed by atoms with Crippen molar-refractivity contribution in [1.82, 2.24) is 10.2 Å². The van der Waals surface area contributed by atoms with Crippen molar-refractivity contribution in [3.05, 3.63) is 35.9 Å². The van der Waals surface area contributed by atoms with Gasteiger partial charge in [0.2, 0.25) is 5.91 Å². The molecule has 1 N–H and O–H groups in total. The van der Waals surface area contributed by atoms with Crippen LogP contribution in [0.3, 0.4) is 0 Å². The molecule has 0 saturated carbocycles. The topological polar surface area (TPSA) is 41.6 Å². The molecule has 0 aliphatic carbocycles. The Kier molecular flexibility index (Phi) is 4.33. The van der Waals surface area contributed by atoms with Crippen LogP contribution in [0.25, 0.3) is 0 Å². The van der Waals surface area contributed by atoms with E-state index in [0.717, 1.165) is 25.1 Å². The Labute approximate surface area is 120 Å². The van der Waals surface area contributed by atoms with E-state index in [2.05, 4.69) is 17.4 Å². The standard InChI is InChI=1S/C16H22N2O2/c19-16(11-14-7-4-8-17-14)18-9-10-20-15(12-18)13-5-2-1-3-6-13/h1-3,5-6,14-15,17H,4,7-12H2. The number of amides is 1. The zero-order chi connectivity index (χ0) is 13.8. The third-order valence-electron chi connectivity index (χ3n) is 4.17. The summed E-state index contributed by atoms with van der Waals surface area (Å²) in [5.41, 5.74) is 1.16. The van der Waals surface area contributed by atoms with Gasteiger partial charge in [-0.15, -0.1) is 0 Å². The summed E-state index contributed by atoms with van der Waals surface area (Å²) in [6.45, 7) is 3.07. The van der Waals surface area contributed by atoms with Crippen LogP contribution < -0.4 is 5.32 Å². The minimum absolute atomic E-state index is 0.0189. The van der Waals surface area contributed by atoms with Gasteiger partial charge in [0.25, 0.3) is 0 Å². The third-order valence-corrected chi connectivity index (χ3v) is 4.17. The van der Waals surface area contributed by atoms with Crippen molar-refractivity contribution in [3.63, 3.8) is 0 Å². The number of nitrogens with zero attached hydrogens (tertiary/aromatic N) is 1. The van der Waals surface area contributed by atoms with Gasteiger partial charge in [0.15, 0.2) is 0 Å². The maximum Gasteiger partial charge on any atom is 0.224 e. The molecule has 1 amide bonds. The second-order valence-corrected chi connectivity index (χ2v) is 5.61. The first-order valence-corrected chi connectivity index (χ1v) is 7.50. The number of ether oxygens (including phenoxy) is 1. The maximum absolute atomic E-state index is 12.4. The zero-order valence-corrected chi connectivity index (χ0v) is 11.8. The number of hydrogen-bond acceptors (Lipinski definition) is 3. The average molecular weight is 274 g/mol. The van der Waals surface area contributed by atoms with Crippen molar-refractivity contribution in [2.75, 3.05) is 26.2 Å². The third kappa shape index (κ3) is 3.19. The molecular weight excluding hydrogens is 252 g/mol. The van der Waals surface area contributed by atoms with Crippen LogP contribution in [0.1, 0.15) is 30.9 Å². The first-order valence-electron chi connectivity index (χ1n) is 7.50. The molecule has 2 aliphatic rings. The molecule has 108 valence electrons. The van der Waals surface area contributed by atoms with Gasteiger partial charge in [-0.25, -0.2) is 0 Å². The predicted molar refractivity (Wildman–Crippen MR) is 77.4 cm³/mol. The molecule has 2 aliphatic heterocycles. The lowest BCUT2D eigenvalue weighted by molar-refractivity contribution is -0.139. The normalized spacial score (nSPS) is 26.7. The van der Waals surface area contributed by atoms with Gasteiger partial charge in [-0.1, -0.05) is 30.3 Å². The molecule has 0 aromatic heterocycles. The van der Waals surface area contributed by atoms with E-state index in [0.29, 0.717) is 25.6 Å². The summed E-state index contributed by atoms with van der Waals surface area (Å²) in [6.07, 6.45) is 2.96. The molecule has 0 spiro atoms. The van der Waals surface area contributed by atoms with Crippen LogP contribution in [0.4, 0.5) is 0 Å². The van der Waals surface area contributed by atoms with E-state index in [-0.39, 0.29) is 12.0 Å². The van der Waals surface area contributed by atoms with Gasteiger partial charge in [0.05, 0.1) is 13.2 Å². The average Bonchev–Trinajstić information content (AvgIpc) is 3.01. The molecule has 4 nitrogen and oxygen atoms in total. The fourth-order valence-electron chi connectivity index (χ4n) is 3.02. The van der Waals surface area contributed by atoms with E-state index in [9.17, 15) is 4.79 Å². The van der Waals surface area contributed by atoms with Gasteiger partial charge in [0.1, 0.15) is 6.10 Å². The quantitative estimate of drug-likeness (QED) is 0.912. The van der Waals surface area contributed by atoms with Gasteiger partial charge in [0, 0.05) is 19.0 Å². The summed E-state index contributed by atoms with van der Waals surface area (Å²) >= 11 is 0. The molecule has 1 aromatic rings. The summed E-state index contributed by atoms with van der Waals surface area (Å²) in [5.74, 6) is 0.258. The van der Waals surface area contributed by atoms with E-state index < -0.39 is 0 Å². The zero-order valence-electron chi connectivity index (χ0n) is 11.8. The lowest BCUT2D eigenvalue weighted by atomic mass is 10.1. The molecule has 20 heavy (non-hydrogen) atoms. The highest BCUT2D eigenvalue weighted by molar-refractivity contribution is 5.77. The van der Waals surface area contributed by atoms with Crippen molar-refractivity contribution in [2.24, 2.45) is 0 Å². The minimum atomic E-state index is 0.0189. The Balaban J connectivity index is 1.58. The smallest absolute Gasteiger partial charge is 0.224 e. The largest absolute Gasteiger partial charge is 0.370 e. The highest BCUT2D eigenvalue weighted by Gasteiger charge is 2.27. The number of hydrogen-bond donors (Lipinski definition) is 1. The minimum Gasteiger partial charge on any atom is -0.370 e. The van der Waals surface area contributed by atoms with Crippen molar-refractivity contribution in [2.45, 2.75) is 31.4 Å². The second-order valence-electron chi connectivity index (χ2n) is 5.61. The molecule has 0 bridgehead atoms. The van der Waals surface area contributed by atoms with Crippen LogP contribution in [0.15, 0.2) is 30.3 Å². The van der Waals surface area contributed by atoms with Gasteiger partial charge < -0.3 is 15.0 Å². The van der Waals surface area contributed by atoms with Crippen LogP contribution >= 0.6 is 0 Å². The first-order chi connectivity index (χ1) is 9.83. The van der Waals surface area contributed by atoms with Gasteiger partial charge >= 0.3 is 0 Å². The van der Waals surface area contributed by atoms with Gasteiger partial charge in [-0.05, 0) is 24.9 Å². The Hall–Kier alpha value is -1.39. The van der Waals surface area contributed by atoms with Crippen LogP contribution in [-0.4, -0.2) is 43.1 Å². The van der Waals surface area contributed by atoms with E-state index in [4.69, 9.17) is 4.74 Å². The molecule has 2 heterocycles. The van der Waals surface area contributed by atoms with Crippen LogP contribution in [0, 0.1) is 0 Å². The Bertz CT molecular complexity index is 443. The Morgan fingerprint density at radius 2 is 2.20 bits per heavy atom. The molecule has 4 heteroatoms. The molecule has 0 radical (unpaired) electrons. The fourth-order valence-corrected chi connectivity index (χ4v) is 3.02. The summed E-state index contributed by atoms with van der Waals surface area (Å²) in [5, 5.41) is 3.39. The van der Waals surface area contributed by atoms with Crippen LogP contribution in [-0.2, 0) is 9.53 Å². The first kappa shape index (κ1) is 13.6. The summed E-state index contributed by atoms with van der Waals surface area (Å²) < 4.78 is 5.80. The van der Waals surface area contributed by atoms with E-state index in [1.807, 2.05) is 23.1 Å². The molecule has 2 saturated heterocycles. The predicted octanol–water partition coefficient (Wildman–Crippen LogP) is 1.73. The summed E-state index contributed by atoms with van der Waals surface area (Å²) in [6, 6.07) is 10.5. The van der Waals surface area contributed by atoms with Gasteiger partial charge in [-0.2, -0.15) is 0 Å². The number of nitrogens with one attached hydrogen (secondary N) is 1. The maximum atomic E-state index is 12.4. The van der Waals surface area contributed by atoms with E-state index in [1.165, 1.54) is 6.42 Å². The number of carbonyl (C=O) groups excluding carboxylic acids is 1. The highest BCUT2D eigenvalue weighted by Crippen LogP contribution is 2.23. The Morgan fingerprint density at radius 1 is 1.35 bits per heavy atom. The highest BCUT2D eigenvalue weighted by atomic mass is 16.5. The molecular formula is C16H22N2O2. The van der Waals surface area contributed by atoms with Crippen molar-refractivity contribution < 1.29 is 9.53 Å². The fraction of sp³-hybridized carbons (Fsp3) is 0.562. The summed E-state index contributed by atoms with van der Waals surface area (Å²) in [7, 11) is 0. The molecule has 2 unspecified atom stereocenters. The lowest BCUT2D eigenvalue weighted by Gasteiger charge is -2.33. The molecule has 2 atom stereocenters. The lowest BCUT2D eigenvalue weighted by Crippen LogP contribution is -2.44. The van der Waals surface area contributed by atoms with E-state index >= 15 is 0 Å². The SMILES string of the molecule is O=C(CC1CCCN1)N1CCOC(c2ccccc2)C1. The van der Waals surface area contributed by atoms with Crippen LogP contribution in [0.2, 0.25) is 0 Å². The van der Waals surface area contributed by atoms with Crippen molar-refractivity contribution >= 4 is 5.91 Å². The van der Waals surface area contributed by atoms with Crippen LogP contribution in [0.5, 0.6) is 0 Å². The number of benzene rings is 1.